The van der Waals surface area contributed by atoms with Crippen LogP contribution in [0.25, 0.3) is 0 Å². The van der Waals surface area contributed by atoms with E-state index in [-0.39, 0.29) is 5.91 Å². The van der Waals surface area contributed by atoms with E-state index in [1.54, 1.807) is 0 Å². The molecule has 4 heteroatoms. The Bertz CT molecular complexity index is 398. The molecule has 1 saturated carbocycles. The van der Waals surface area contributed by atoms with Gasteiger partial charge in [-0.15, -0.1) is 0 Å². The van der Waals surface area contributed by atoms with Gasteiger partial charge in [0.1, 0.15) is 0 Å². The van der Waals surface area contributed by atoms with Crippen LogP contribution in [0.15, 0.2) is 16.4 Å². The summed E-state index contributed by atoms with van der Waals surface area (Å²) in [5.41, 5.74) is 12.2. The summed E-state index contributed by atoms with van der Waals surface area (Å²) in [4.78, 5) is 11.3. The molecule has 1 aliphatic heterocycles. The Labute approximate surface area is 109 Å². The van der Waals surface area contributed by atoms with Gasteiger partial charge in [0.15, 0.2) is 0 Å². The molecule has 2 atom stereocenters. The van der Waals surface area contributed by atoms with E-state index in [0.717, 1.165) is 18.6 Å². The van der Waals surface area contributed by atoms with Crippen molar-refractivity contribution in [1.82, 2.24) is 5.43 Å². The number of carbonyl (C=O) groups excluding carboxylic acids is 1. The summed E-state index contributed by atoms with van der Waals surface area (Å²) in [6.07, 6.45) is 6.36. The average molecular weight is 249 g/mol. The number of amides is 1. The van der Waals surface area contributed by atoms with Crippen molar-refractivity contribution >= 4 is 11.6 Å². The van der Waals surface area contributed by atoms with E-state index >= 15 is 0 Å². The van der Waals surface area contributed by atoms with Gasteiger partial charge in [0.2, 0.25) is 5.91 Å². The van der Waals surface area contributed by atoms with E-state index in [1.807, 2.05) is 0 Å². The van der Waals surface area contributed by atoms with Gasteiger partial charge in [-0.05, 0) is 44.6 Å². The maximum absolute atomic E-state index is 11.3. The van der Waals surface area contributed by atoms with E-state index in [1.165, 1.54) is 30.5 Å². The van der Waals surface area contributed by atoms with Crippen LogP contribution in [-0.2, 0) is 4.79 Å². The minimum atomic E-state index is -0.191. The highest BCUT2D eigenvalue weighted by Crippen LogP contribution is 2.37. The van der Waals surface area contributed by atoms with E-state index in [4.69, 9.17) is 5.73 Å². The summed E-state index contributed by atoms with van der Waals surface area (Å²) >= 11 is 0. The zero-order chi connectivity index (χ0) is 13.1. The molecule has 3 N–H and O–H groups in total. The molecule has 0 bridgehead atoms. The number of nitrogens with two attached hydrogens (primary N) is 1. The SMILES string of the molecule is CC1=NNC(C)=C2CCCCC[C@@H](CC(N)=O)[C@@H]12. The molecule has 1 heterocycles. The Hall–Kier alpha value is -1.32. The van der Waals surface area contributed by atoms with Gasteiger partial charge in [0, 0.05) is 23.7 Å². The first-order chi connectivity index (χ1) is 8.59. The number of hydrogen-bond acceptors (Lipinski definition) is 3. The van der Waals surface area contributed by atoms with Gasteiger partial charge in [-0.2, -0.15) is 5.10 Å². The molecule has 1 fully saturated rings. The van der Waals surface area contributed by atoms with Crippen LogP contribution >= 0.6 is 0 Å². The second-order valence-electron chi connectivity index (χ2n) is 5.52. The Morgan fingerprint density at radius 1 is 1.39 bits per heavy atom. The predicted molar refractivity (Wildman–Crippen MR) is 72.8 cm³/mol. The van der Waals surface area contributed by atoms with E-state index in [2.05, 4.69) is 24.4 Å². The van der Waals surface area contributed by atoms with Gasteiger partial charge in [-0.1, -0.05) is 12.8 Å². The normalized spacial score (nSPS) is 28.7. The van der Waals surface area contributed by atoms with Crippen LogP contribution in [-0.4, -0.2) is 11.6 Å². The molecule has 1 aliphatic carbocycles. The fourth-order valence-corrected chi connectivity index (χ4v) is 3.31. The maximum Gasteiger partial charge on any atom is 0.217 e. The molecule has 0 aromatic carbocycles. The second-order valence-corrected chi connectivity index (χ2v) is 5.52. The molecular formula is C14H23N3O. The Morgan fingerprint density at radius 3 is 2.89 bits per heavy atom. The third kappa shape index (κ3) is 2.74. The lowest BCUT2D eigenvalue weighted by Crippen LogP contribution is -2.34. The minimum Gasteiger partial charge on any atom is -0.370 e. The van der Waals surface area contributed by atoms with E-state index in [9.17, 15) is 4.79 Å². The van der Waals surface area contributed by atoms with Crippen LogP contribution in [0.2, 0.25) is 0 Å². The summed E-state index contributed by atoms with van der Waals surface area (Å²) in [6, 6.07) is 0. The lowest BCUT2D eigenvalue weighted by molar-refractivity contribution is -0.119. The molecule has 0 aromatic heterocycles. The van der Waals surface area contributed by atoms with Crippen LogP contribution < -0.4 is 11.2 Å². The van der Waals surface area contributed by atoms with E-state index in [0.29, 0.717) is 18.3 Å². The summed E-state index contributed by atoms with van der Waals surface area (Å²) in [7, 11) is 0. The number of hydrazone groups is 1. The van der Waals surface area contributed by atoms with Crippen molar-refractivity contribution in [1.29, 1.82) is 0 Å². The zero-order valence-electron chi connectivity index (χ0n) is 11.3. The molecule has 2 rings (SSSR count). The average Bonchev–Trinajstić information content (AvgIpc) is 2.27. The lowest BCUT2D eigenvalue weighted by atomic mass is 9.73. The minimum absolute atomic E-state index is 0.191. The van der Waals surface area contributed by atoms with Crippen molar-refractivity contribution in [3.05, 3.63) is 11.3 Å². The van der Waals surface area contributed by atoms with Crippen LogP contribution in [0.1, 0.15) is 52.4 Å². The molecule has 0 saturated heterocycles. The van der Waals surface area contributed by atoms with Gasteiger partial charge in [-0.25, -0.2) is 0 Å². The number of allylic oxidation sites excluding steroid dienone is 2. The lowest BCUT2D eigenvalue weighted by Gasteiger charge is -2.34. The van der Waals surface area contributed by atoms with Crippen molar-refractivity contribution < 1.29 is 4.79 Å². The largest absolute Gasteiger partial charge is 0.370 e. The molecule has 0 aromatic rings. The highest BCUT2D eigenvalue weighted by molar-refractivity contribution is 5.88. The molecule has 18 heavy (non-hydrogen) atoms. The summed E-state index contributed by atoms with van der Waals surface area (Å²) < 4.78 is 0. The van der Waals surface area contributed by atoms with Gasteiger partial charge >= 0.3 is 0 Å². The van der Waals surface area contributed by atoms with Crippen LogP contribution in [0.5, 0.6) is 0 Å². The molecule has 0 radical (unpaired) electrons. The van der Waals surface area contributed by atoms with Gasteiger partial charge in [0.05, 0.1) is 0 Å². The quantitative estimate of drug-likeness (QED) is 0.788. The molecular weight excluding hydrogens is 226 g/mol. The van der Waals surface area contributed by atoms with Crippen molar-refractivity contribution in [3.8, 4) is 0 Å². The van der Waals surface area contributed by atoms with Crippen LogP contribution in [0.3, 0.4) is 0 Å². The molecule has 4 nitrogen and oxygen atoms in total. The molecule has 2 aliphatic rings. The second kappa shape index (κ2) is 5.55. The molecule has 0 unspecified atom stereocenters. The van der Waals surface area contributed by atoms with Gasteiger partial charge in [0.25, 0.3) is 0 Å². The van der Waals surface area contributed by atoms with Crippen molar-refractivity contribution in [2.24, 2.45) is 22.7 Å². The van der Waals surface area contributed by atoms with Crippen LogP contribution in [0.4, 0.5) is 0 Å². The Kier molecular flexibility index (Phi) is 4.04. The monoisotopic (exact) mass is 249 g/mol. The third-order valence-corrected chi connectivity index (χ3v) is 4.16. The molecule has 1 amide bonds. The smallest absolute Gasteiger partial charge is 0.217 e. The third-order valence-electron chi connectivity index (χ3n) is 4.16. The first kappa shape index (κ1) is 13.1. The first-order valence-electron chi connectivity index (χ1n) is 6.87. The molecule has 100 valence electrons. The Balaban J connectivity index is 2.29. The summed E-state index contributed by atoms with van der Waals surface area (Å²) in [5, 5.41) is 4.38. The molecule has 0 spiro atoms. The summed E-state index contributed by atoms with van der Waals surface area (Å²) in [6.45, 7) is 4.14. The zero-order valence-corrected chi connectivity index (χ0v) is 11.3. The highest BCUT2D eigenvalue weighted by atomic mass is 16.1. The van der Waals surface area contributed by atoms with Gasteiger partial charge < -0.3 is 5.73 Å². The highest BCUT2D eigenvalue weighted by Gasteiger charge is 2.32. The fraction of sp³-hybridized carbons (Fsp3) is 0.714. The number of carbonyl (C=O) groups is 1. The van der Waals surface area contributed by atoms with Crippen molar-refractivity contribution in [2.45, 2.75) is 52.4 Å². The number of nitrogens with one attached hydrogen (secondary N) is 1. The maximum atomic E-state index is 11.3. The number of nitrogens with zero attached hydrogens (tertiary/aromatic N) is 1. The van der Waals surface area contributed by atoms with Crippen molar-refractivity contribution in [2.75, 3.05) is 0 Å². The van der Waals surface area contributed by atoms with Crippen LogP contribution in [0, 0.1) is 11.8 Å². The number of rotatable bonds is 2. The first-order valence-corrected chi connectivity index (χ1v) is 6.87. The fourth-order valence-electron chi connectivity index (χ4n) is 3.31. The Morgan fingerprint density at radius 2 is 2.17 bits per heavy atom. The van der Waals surface area contributed by atoms with Gasteiger partial charge in [-0.3, -0.25) is 10.2 Å². The number of fused-ring (bicyclic) bond motifs is 1. The van der Waals surface area contributed by atoms with E-state index < -0.39 is 0 Å². The van der Waals surface area contributed by atoms with Crippen molar-refractivity contribution in [3.63, 3.8) is 0 Å². The standard InChI is InChI=1S/C14H23N3O/c1-9-12-7-5-3-4-6-11(8-13(15)18)14(12)10(2)17-16-9/h11,14,16H,3-8H2,1-2H3,(H2,15,18)/t11-,14+/m0/s1. The predicted octanol–water partition coefficient (Wildman–Crippen LogP) is 2.31. The number of hydrogen-bond donors (Lipinski definition) is 2. The topological polar surface area (TPSA) is 67.5 Å². The number of primary amides is 1. The summed E-state index contributed by atoms with van der Waals surface area (Å²) in [5.74, 6) is 0.460.